The molecule has 0 saturated carbocycles. The zero-order chi connectivity index (χ0) is 12.0. The number of hydrogen-bond acceptors (Lipinski definition) is 4. The van der Waals surface area contributed by atoms with Crippen LogP contribution in [0.5, 0.6) is 11.5 Å². The van der Waals surface area contributed by atoms with Gasteiger partial charge in [-0.1, -0.05) is 12.2 Å². The van der Waals surface area contributed by atoms with Crippen LogP contribution in [0, 0.1) is 0 Å². The van der Waals surface area contributed by atoms with E-state index in [9.17, 15) is 0 Å². The van der Waals surface area contributed by atoms with Crippen LogP contribution < -0.4 is 20.5 Å². The molecule has 16 heavy (non-hydrogen) atoms. The van der Waals surface area contributed by atoms with Crippen molar-refractivity contribution in [3.8, 4) is 11.5 Å². The van der Waals surface area contributed by atoms with Gasteiger partial charge in [0.1, 0.15) is 11.5 Å². The Hall–Kier alpha value is -1.49. The van der Waals surface area contributed by atoms with E-state index < -0.39 is 0 Å². The molecule has 0 fully saturated rings. The summed E-state index contributed by atoms with van der Waals surface area (Å²) >= 11 is 4.80. The number of benzene rings is 1. The van der Waals surface area contributed by atoms with Crippen molar-refractivity contribution in [2.75, 3.05) is 26.1 Å². The Bertz CT molecular complexity index is 369. The van der Waals surface area contributed by atoms with Crippen molar-refractivity contribution < 1.29 is 9.47 Å². The molecule has 1 aromatic rings. The van der Waals surface area contributed by atoms with Crippen molar-refractivity contribution in [1.82, 2.24) is 0 Å². The Balaban J connectivity index is 2.71. The molecule has 0 aliphatic carbocycles. The van der Waals surface area contributed by atoms with Gasteiger partial charge in [0.15, 0.2) is 0 Å². The molecule has 3 N–H and O–H groups in total. The van der Waals surface area contributed by atoms with Gasteiger partial charge in [0.25, 0.3) is 0 Å². The summed E-state index contributed by atoms with van der Waals surface area (Å²) < 4.78 is 10.4. The maximum atomic E-state index is 5.42. The molecule has 0 heterocycles. The topological polar surface area (TPSA) is 56.5 Å². The minimum atomic E-state index is 0.495. The Kier molecular flexibility index (Phi) is 4.85. The van der Waals surface area contributed by atoms with Crippen molar-refractivity contribution in [1.29, 1.82) is 0 Å². The average molecular weight is 240 g/mol. The second kappa shape index (κ2) is 6.17. The first-order chi connectivity index (χ1) is 7.67. The highest BCUT2D eigenvalue weighted by Crippen LogP contribution is 2.28. The maximum Gasteiger partial charge on any atom is 0.142 e. The van der Waals surface area contributed by atoms with Crippen LogP contribution in [0.3, 0.4) is 0 Å². The van der Waals surface area contributed by atoms with Crippen molar-refractivity contribution >= 4 is 22.9 Å². The van der Waals surface area contributed by atoms with E-state index in [1.54, 1.807) is 14.2 Å². The molecule has 0 bridgehead atoms. The van der Waals surface area contributed by atoms with Gasteiger partial charge < -0.3 is 20.5 Å². The van der Waals surface area contributed by atoms with E-state index in [1.807, 2.05) is 18.2 Å². The summed E-state index contributed by atoms with van der Waals surface area (Å²) in [4.78, 5) is 0.495. The minimum absolute atomic E-state index is 0.495. The third-order valence-corrected chi connectivity index (χ3v) is 2.30. The number of thiocarbonyl (C=S) groups is 1. The first-order valence-electron chi connectivity index (χ1n) is 4.91. The molecule has 1 aromatic carbocycles. The minimum Gasteiger partial charge on any atom is -0.497 e. The lowest BCUT2D eigenvalue weighted by molar-refractivity contribution is 0.404. The van der Waals surface area contributed by atoms with E-state index in [2.05, 4.69) is 5.32 Å². The van der Waals surface area contributed by atoms with Gasteiger partial charge in [0.05, 0.1) is 24.9 Å². The van der Waals surface area contributed by atoms with Gasteiger partial charge in [0, 0.05) is 19.0 Å². The monoisotopic (exact) mass is 240 g/mol. The Labute approximate surface area is 101 Å². The summed E-state index contributed by atoms with van der Waals surface area (Å²) in [6, 6.07) is 5.57. The summed E-state index contributed by atoms with van der Waals surface area (Å²) in [6.45, 7) is 0.679. The number of rotatable bonds is 6. The highest BCUT2D eigenvalue weighted by Gasteiger charge is 2.04. The zero-order valence-corrected chi connectivity index (χ0v) is 10.3. The second-order valence-electron chi connectivity index (χ2n) is 3.21. The van der Waals surface area contributed by atoms with Crippen LogP contribution >= 0.6 is 12.2 Å². The molecule has 5 heteroatoms. The van der Waals surface area contributed by atoms with Gasteiger partial charge >= 0.3 is 0 Å². The number of hydrogen-bond donors (Lipinski definition) is 2. The lowest BCUT2D eigenvalue weighted by atomic mass is 10.2. The van der Waals surface area contributed by atoms with Gasteiger partial charge in [-0.25, -0.2) is 0 Å². The summed E-state index contributed by atoms with van der Waals surface area (Å²) in [7, 11) is 3.25. The zero-order valence-electron chi connectivity index (χ0n) is 9.45. The van der Waals surface area contributed by atoms with Crippen molar-refractivity contribution in [3.63, 3.8) is 0 Å². The summed E-state index contributed by atoms with van der Waals surface area (Å²) in [6.07, 6.45) is 0.649. The van der Waals surface area contributed by atoms with Gasteiger partial charge in [-0.15, -0.1) is 0 Å². The van der Waals surface area contributed by atoms with Gasteiger partial charge in [-0.3, -0.25) is 0 Å². The van der Waals surface area contributed by atoms with Crippen LogP contribution in [0.1, 0.15) is 6.42 Å². The molecular formula is C11H16N2O2S. The van der Waals surface area contributed by atoms with E-state index in [-0.39, 0.29) is 0 Å². The molecule has 1 rings (SSSR count). The number of nitrogens with two attached hydrogens (primary N) is 1. The van der Waals surface area contributed by atoms with E-state index in [4.69, 9.17) is 27.4 Å². The van der Waals surface area contributed by atoms with Crippen molar-refractivity contribution in [3.05, 3.63) is 18.2 Å². The molecule has 0 atom stereocenters. The fraction of sp³-hybridized carbons (Fsp3) is 0.364. The van der Waals surface area contributed by atoms with Gasteiger partial charge in [-0.2, -0.15) is 0 Å². The third-order valence-electron chi connectivity index (χ3n) is 2.09. The van der Waals surface area contributed by atoms with E-state index in [1.165, 1.54) is 0 Å². The summed E-state index contributed by atoms with van der Waals surface area (Å²) in [5.41, 5.74) is 6.29. The number of nitrogens with one attached hydrogen (secondary N) is 1. The molecule has 4 nitrogen and oxygen atoms in total. The second-order valence-corrected chi connectivity index (χ2v) is 3.73. The standard InChI is InChI=1S/C11H16N2O2S/c1-14-8-3-4-10(15-2)9(7-8)13-6-5-11(12)16/h3-4,7,13H,5-6H2,1-2H3,(H2,12,16). The lowest BCUT2D eigenvalue weighted by Gasteiger charge is -2.12. The largest absolute Gasteiger partial charge is 0.497 e. The predicted octanol–water partition coefficient (Wildman–Crippen LogP) is 1.79. The molecule has 0 unspecified atom stereocenters. The first kappa shape index (κ1) is 12.6. The highest BCUT2D eigenvalue weighted by atomic mass is 32.1. The van der Waals surface area contributed by atoms with Crippen LogP contribution in [-0.2, 0) is 0 Å². The van der Waals surface area contributed by atoms with Gasteiger partial charge in [0.2, 0.25) is 0 Å². The normalized spacial score (nSPS) is 9.62. The number of anilines is 1. The molecule has 0 amide bonds. The highest BCUT2D eigenvalue weighted by molar-refractivity contribution is 7.80. The van der Waals surface area contributed by atoms with Crippen LogP contribution in [-0.4, -0.2) is 25.8 Å². The van der Waals surface area contributed by atoms with Crippen LogP contribution in [0.15, 0.2) is 18.2 Å². The molecular weight excluding hydrogens is 224 g/mol. The third kappa shape index (κ3) is 3.58. The van der Waals surface area contributed by atoms with Crippen LogP contribution in [0.2, 0.25) is 0 Å². The maximum absolute atomic E-state index is 5.42. The quantitative estimate of drug-likeness (QED) is 0.742. The van der Waals surface area contributed by atoms with E-state index in [0.29, 0.717) is 18.0 Å². The van der Waals surface area contributed by atoms with Crippen molar-refractivity contribution in [2.24, 2.45) is 5.73 Å². The summed E-state index contributed by atoms with van der Waals surface area (Å²) in [5, 5.41) is 3.20. The Morgan fingerprint density at radius 1 is 1.38 bits per heavy atom. The number of ether oxygens (including phenoxy) is 2. The molecule has 0 saturated heterocycles. The molecule has 0 radical (unpaired) electrons. The fourth-order valence-electron chi connectivity index (χ4n) is 1.27. The average Bonchev–Trinajstić information content (AvgIpc) is 2.28. The first-order valence-corrected chi connectivity index (χ1v) is 5.32. The number of methoxy groups -OCH3 is 2. The summed E-state index contributed by atoms with van der Waals surface area (Å²) in [5.74, 6) is 1.54. The SMILES string of the molecule is COc1ccc(OC)c(NCCC(N)=S)c1. The van der Waals surface area contributed by atoms with E-state index in [0.717, 1.165) is 17.2 Å². The smallest absolute Gasteiger partial charge is 0.142 e. The molecule has 0 aromatic heterocycles. The van der Waals surface area contributed by atoms with Crippen LogP contribution in [0.25, 0.3) is 0 Å². The predicted molar refractivity (Wildman–Crippen MR) is 69.4 cm³/mol. The molecule has 88 valence electrons. The van der Waals surface area contributed by atoms with Crippen molar-refractivity contribution in [2.45, 2.75) is 6.42 Å². The molecule has 0 spiro atoms. The van der Waals surface area contributed by atoms with Crippen LogP contribution in [0.4, 0.5) is 5.69 Å². The Morgan fingerprint density at radius 3 is 2.69 bits per heavy atom. The lowest BCUT2D eigenvalue weighted by Crippen LogP contribution is -2.14. The fourth-order valence-corrected chi connectivity index (χ4v) is 1.37. The molecule has 0 aliphatic rings. The Morgan fingerprint density at radius 2 is 2.12 bits per heavy atom. The van der Waals surface area contributed by atoms with E-state index >= 15 is 0 Å². The van der Waals surface area contributed by atoms with Gasteiger partial charge in [-0.05, 0) is 12.1 Å². The molecule has 0 aliphatic heterocycles.